The average Bonchev–Trinajstić information content (AvgIpc) is 2.47. The number of carbonyl (C=O) groups excluding carboxylic acids is 1. The van der Waals surface area contributed by atoms with Gasteiger partial charge in [0.15, 0.2) is 0 Å². The minimum absolute atomic E-state index is 0.244. The third-order valence-electron chi connectivity index (χ3n) is 3.40. The molecule has 1 aliphatic heterocycles. The highest BCUT2D eigenvalue weighted by Gasteiger charge is 2.26. The molecule has 0 unspecified atom stereocenters. The minimum atomic E-state index is -0.459. The molecular weight excluding hydrogens is 274 g/mol. The van der Waals surface area contributed by atoms with Gasteiger partial charge in [-0.2, -0.15) is 0 Å². The van der Waals surface area contributed by atoms with E-state index in [4.69, 9.17) is 4.74 Å². The van der Waals surface area contributed by atoms with Gasteiger partial charge in [0.1, 0.15) is 5.60 Å². The molecular formula is C19H25NO2. The van der Waals surface area contributed by atoms with Gasteiger partial charge < -0.3 is 4.74 Å². The lowest BCUT2D eigenvalue weighted by Gasteiger charge is -2.31. The van der Waals surface area contributed by atoms with Crippen LogP contribution in [0.5, 0.6) is 0 Å². The molecule has 0 bridgehead atoms. The number of amides is 1. The number of allylic oxidation sites excluding steroid dienone is 3. The molecule has 0 spiro atoms. The highest BCUT2D eigenvalue weighted by Crippen LogP contribution is 2.23. The van der Waals surface area contributed by atoms with E-state index in [1.807, 2.05) is 51.1 Å². The number of rotatable bonds is 2. The molecule has 1 heterocycles. The Hall–Kier alpha value is -2.03. The van der Waals surface area contributed by atoms with Crippen molar-refractivity contribution < 1.29 is 9.53 Å². The molecule has 0 aliphatic carbocycles. The fraction of sp³-hybridized carbons (Fsp3) is 0.421. The lowest BCUT2D eigenvalue weighted by molar-refractivity contribution is 0.0286. The van der Waals surface area contributed by atoms with Crippen LogP contribution in [0, 0.1) is 0 Å². The predicted molar refractivity (Wildman–Crippen MR) is 90.4 cm³/mol. The van der Waals surface area contributed by atoms with Crippen molar-refractivity contribution in [3.05, 3.63) is 53.7 Å². The molecule has 0 saturated carbocycles. The van der Waals surface area contributed by atoms with E-state index < -0.39 is 5.60 Å². The summed E-state index contributed by atoms with van der Waals surface area (Å²) in [6, 6.07) is 10.1. The van der Waals surface area contributed by atoms with Gasteiger partial charge in [-0.3, -0.25) is 4.90 Å². The van der Waals surface area contributed by atoms with E-state index in [2.05, 4.69) is 18.2 Å². The van der Waals surface area contributed by atoms with Crippen molar-refractivity contribution in [2.45, 2.75) is 45.6 Å². The number of hydrogen-bond donors (Lipinski definition) is 0. The summed E-state index contributed by atoms with van der Waals surface area (Å²) in [7, 11) is 0. The standard InChI is InChI=1S/C19H25NO2/c1-19(2,3)22-18(21)20-15-8-7-13-17(20)14-9-12-16-10-5-4-6-11-16/h4-6,9-12,14H,7-8,13,15H2,1-3H3/b12-9+,17-14-. The van der Waals surface area contributed by atoms with Crippen LogP contribution < -0.4 is 0 Å². The van der Waals surface area contributed by atoms with Crippen LogP contribution >= 0.6 is 0 Å². The molecule has 0 radical (unpaired) electrons. The van der Waals surface area contributed by atoms with Crippen LogP contribution in [-0.4, -0.2) is 23.1 Å². The number of hydrogen-bond acceptors (Lipinski definition) is 2. The lowest BCUT2D eigenvalue weighted by atomic mass is 10.1. The SMILES string of the molecule is CC(C)(C)OC(=O)N1CCCC/C1=C/C=C/c1ccccc1. The summed E-state index contributed by atoms with van der Waals surface area (Å²) in [6.07, 6.45) is 8.89. The van der Waals surface area contributed by atoms with Crippen LogP contribution in [0.25, 0.3) is 6.08 Å². The fourth-order valence-corrected chi connectivity index (χ4v) is 2.39. The first-order valence-electron chi connectivity index (χ1n) is 7.88. The molecule has 1 aromatic rings. The fourth-order valence-electron chi connectivity index (χ4n) is 2.39. The number of carbonyl (C=O) groups is 1. The molecule has 0 atom stereocenters. The Balaban J connectivity index is 2.07. The second kappa shape index (κ2) is 7.30. The zero-order chi connectivity index (χ0) is 16.0. The van der Waals surface area contributed by atoms with Crippen molar-refractivity contribution >= 4 is 12.2 Å². The quantitative estimate of drug-likeness (QED) is 0.768. The van der Waals surface area contributed by atoms with Crippen molar-refractivity contribution in [2.75, 3.05) is 6.54 Å². The average molecular weight is 299 g/mol. The Kier molecular flexibility index (Phi) is 5.42. The smallest absolute Gasteiger partial charge is 0.414 e. The number of likely N-dealkylation sites (tertiary alicyclic amines) is 1. The Bertz CT molecular complexity index is 553. The van der Waals surface area contributed by atoms with Crippen LogP contribution in [-0.2, 0) is 4.74 Å². The number of piperidine rings is 1. The third kappa shape index (κ3) is 5.06. The summed E-state index contributed by atoms with van der Waals surface area (Å²) >= 11 is 0. The largest absolute Gasteiger partial charge is 0.443 e. The van der Waals surface area contributed by atoms with Crippen molar-refractivity contribution in [3.8, 4) is 0 Å². The van der Waals surface area contributed by atoms with Gasteiger partial charge >= 0.3 is 6.09 Å². The summed E-state index contributed by atoms with van der Waals surface area (Å²) in [5, 5.41) is 0. The maximum atomic E-state index is 12.3. The number of ether oxygens (including phenoxy) is 1. The van der Waals surface area contributed by atoms with Crippen molar-refractivity contribution in [2.24, 2.45) is 0 Å². The molecule has 1 fully saturated rings. The Labute approximate surface area is 133 Å². The van der Waals surface area contributed by atoms with Crippen LogP contribution in [0.4, 0.5) is 4.79 Å². The van der Waals surface area contributed by atoms with E-state index in [-0.39, 0.29) is 6.09 Å². The normalized spacial score (nSPS) is 18.0. The van der Waals surface area contributed by atoms with Crippen molar-refractivity contribution in [1.82, 2.24) is 4.90 Å². The molecule has 118 valence electrons. The van der Waals surface area contributed by atoms with Crippen molar-refractivity contribution in [3.63, 3.8) is 0 Å². The maximum Gasteiger partial charge on any atom is 0.414 e. The Morgan fingerprint density at radius 3 is 2.59 bits per heavy atom. The van der Waals surface area contributed by atoms with E-state index >= 15 is 0 Å². The predicted octanol–water partition coefficient (Wildman–Crippen LogP) is 5.00. The first-order chi connectivity index (χ1) is 10.5. The molecule has 22 heavy (non-hydrogen) atoms. The van der Waals surface area contributed by atoms with Crippen molar-refractivity contribution in [1.29, 1.82) is 0 Å². The topological polar surface area (TPSA) is 29.5 Å². The highest BCUT2D eigenvalue weighted by atomic mass is 16.6. The third-order valence-corrected chi connectivity index (χ3v) is 3.40. The van der Waals surface area contributed by atoms with E-state index in [1.165, 1.54) is 0 Å². The molecule has 3 heteroatoms. The molecule has 1 saturated heterocycles. The molecule has 0 N–H and O–H groups in total. The van der Waals surface area contributed by atoms with E-state index in [1.54, 1.807) is 4.90 Å². The zero-order valence-corrected chi connectivity index (χ0v) is 13.7. The lowest BCUT2D eigenvalue weighted by Crippen LogP contribution is -2.38. The van der Waals surface area contributed by atoms with Crippen LogP contribution in [0.1, 0.15) is 45.6 Å². The van der Waals surface area contributed by atoms with Gasteiger partial charge in [0, 0.05) is 12.2 Å². The molecule has 1 amide bonds. The van der Waals surface area contributed by atoms with Crippen LogP contribution in [0.3, 0.4) is 0 Å². The monoisotopic (exact) mass is 299 g/mol. The van der Waals surface area contributed by atoms with Crippen LogP contribution in [0.15, 0.2) is 48.2 Å². The number of nitrogens with zero attached hydrogens (tertiary/aromatic N) is 1. The first kappa shape index (κ1) is 16.3. The molecule has 1 aliphatic rings. The second-order valence-corrected chi connectivity index (χ2v) is 6.52. The molecule has 2 rings (SSSR count). The van der Waals surface area contributed by atoms with Gasteiger partial charge in [0.25, 0.3) is 0 Å². The van der Waals surface area contributed by atoms with Gasteiger partial charge in [0.05, 0.1) is 0 Å². The molecule has 0 aromatic heterocycles. The minimum Gasteiger partial charge on any atom is -0.443 e. The van der Waals surface area contributed by atoms with Gasteiger partial charge in [0.2, 0.25) is 0 Å². The number of benzene rings is 1. The van der Waals surface area contributed by atoms with E-state index in [9.17, 15) is 4.79 Å². The summed E-state index contributed by atoms with van der Waals surface area (Å²) < 4.78 is 5.49. The van der Waals surface area contributed by atoms with E-state index in [0.717, 1.165) is 37.1 Å². The van der Waals surface area contributed by atoms with Gasteiger partial charge in [-0.15, -0.1) is 0 Å². The Morgan fingerprint density at radius 1 is 1.18 bits per heavy atom. The summed E-state index contributed by atoms with van der Waals surface area (Å²) in [5.41, 5.74) is 1.73. The molecule has 3 nitrogen and oxygen atoms in total. The molecule has 1 aromatic carbocycles. The van der Waals surface area contributed by atoms with E-state index in [0.29, 0.717) is 0 Å². The maximum absolute atomic E-state index is 12.3. The summed E-state index contributed by atoms with van der Waals surface area (Å²) in [4.78, 5) is 14.1. The highest BCUT2D eigenvalue weighted by molar-refractivity contribution is 5.71. The summed E-state index contributed by atoms with van der Waals surface area (Å²) in [5.74, 6) is 0. The zero-order valence-electron chi connectivity index (χ0n) is 13.7. The van der Waals surface area contributed by atoms with Gasteiger partial charge in [-0.1, -0.05) is 42.5 Å². The Morgan fingerprint density at radius 2 is 1.91 bits per heavy atom. The second-order valence-electron chi connectivity index (χ2n) is 6.52. The van der Waals surface area contributed by atoms with Crippen LogP contribution in [0.2, 0.25) is 0 Å². The van der Waals surface area contributed by atoms with Gasteiger partial charge in [-0.25, -0.2) is 4.79 Å². The first-order valence-corrected chi connectivity index (χ1v) is 7.88. The van der Waals surface area contributed by atoms with Gasteiger partial charge in [-0.05, 0) is 51.7 Å². The summed E-state index contributed by atoms with van der Waals surface area (Å²) in [6.45, 7) is 6.43.